The maximum atomic E-state index is 11.2. The summed E-state index contributed by atoms with van der Waals surface area (Å²) in [7, 11) is 0. The van der Waals surface area contributed by atoms with Crippen molar-refractivity contribution in [2.75, 3.05) is 18.8 Å². The van der Waals surface area contributed by atoms with E-state index in [-0.39, 0.29) is 18.5 Å². The number of thioether (sulfide) groups is 1. The first kappa shape index (κ1) is 11.1. The van der Waals surface area contributed by atoms with Crippen LogP contribution in [0.25, 0.3) is 0 Å². The molecule has 0 atom stereocenters. The van der Waals surface area contributed by atoms with Gasteiger partial charge in [0.05, 0.1) is 18.6 Å². The maximum Gasteiger partial charge on any atom is 0.324 e. The van der Waals surface area contributed by atoms with Gasteiger partial charge in [-0.1, -0.05) is 0 Å². The smallest absolute Gasteiger partial charge is 0.324 e. The van der Waals surface area contributed by atoms with E-state index in [0.29, 0.717) is 6.54 Å². The van der Waals surface area contributed by atoms with Gasteiger partial charge in [-0.3, -0.25) is 9.69 Å². The molecule has 1 fully saturated rings. The predicted octanol–water partition coefficient (Wildman–Crippen LogP) is 1.06. The van der Waals surface area contributed by atoms with E-state index in [1.54, 1.807) is 18.0 Å². The van der Waals surface area contributed by atoms with Crippen LogP contribution in [0.1, 0.15) is 5.76 Å². The van der Waals surface area contributed by atoms with Crippen molar-refractivity contribution in [3.05, 3.63) is 24.2 Å². The standard InChI is InChI=1S/C10H12N2O3S/c13-9-6-11-10(14)12(9)3-5-16-7-8-2-1-4-15-8/h1-2,4H,3,5-7H2,(H,11,14). The molecule has 1 aromatic heterocycles. The first-order valence-corrected chi connectivity index (χ1v) is 6.11. The van der Waals surface area contributed by atoms with Gasteiger partial charge in [-0.25, -0.2) is 4.79 Å². The van der Waals surface area contributed by atoms with Crippen LogP contribution in [0.4, 0.5) is 4.79 Å². The van der Waals surface area contributed by atoms with E-state index in [9.17, 15) is 9.59 Å². The second-order valence-electron chi connectivity index (χ2n) is 3.34. The zero-order valence-corrected chi connectivity index (χ0v) is 9.46. The van der Waals surface area contributed by atoms with E-state index in [0.717, 1.165) is 17.3 Å². The Hall–Kier alpha value is -1.43. The van der Waals surface area contributed by atoms with Crippen LogP contribution in [-0.2, 0) is 10.5 Å². The molecule has 2 heterocycles. The molecule has 0 unspecified atom stereocenters. The molecular weight excluding hydrogens is 228 g/mol. The van der Waals surface area contributed by atoms with Gasteiger partial charge in [0.15, 0.2) is 0 Å². The topological polar surface area (TPSA) is 62.6 Å². The molecule has 16 heavy (non-hydrogen) atoms. The zero-order chi connectivity index (χ0) is 11.4. The molecule has 5 nitrogen and oxygen atoms in total. The summed E-state index contributed by atoms with van der Waals surface area (Å²) in [5.41, 5.74) is 0. The van der Waals surface area contributed by atoms with Crippen LogP contribution in [0.3, 0.4) is 0 Å². The number of nitrogens with zero attached hydrogens (tertiary/aromatic N) is 1. The van der Waals surface area contributed by atoms with Gasteiger partial charge < -0.3 is 9.73 Å². The molecule has 0 spiro atoms. The molecule has 86 valence electrons. The zero-order valence-electron chi connectivity index (χ0n) is 8.64. The third kappa shape index (κ3) is 2.57. The van der Waals surface area contributed by atoms with Gasteiger partial charge in [-0.15, -0.1) is 0 Å². The fraction of sp³-hybridized carbons (Fsp3) is 0.400. The van der Waals surface area contributed by atoms with E-state index in [1.165, 1.54) is 4.90 Å². The summed E-state index contributed by atoms with van der Waals surface area (Å²) in [5, 5.41) is 2.48. The van der Waals surface area contributed by atoms with Crippen LogP contribution in [0.5, 0.6) is 0 Å². The van der Waals surface area contributed by atoms with E-state index in [1.807, 2.05) is 12.1 Å². The monoisotopic (exact) mass is 240 g/mol. The Labute approximate surface area is 97.2 Å². The molecule has 0 saturated carbocycles. The number of imide groups is 1. The lowest BCUT2D eigenvalue weighted by molar-refractivity contribution is -0.124. The number of hydrogen-bond acceptors (Lipinski definition) is 4. The number of furan rings is 1. The van der Waals surface area contributed by atoms with Crippen molar-refractivity contribution in [2.24, 2.45) is 0 Å². The molecular formula is C10H12N2O3S. The van der Waals surface area contributed by atoms with Crippen LogP contribution in [0, 0.1) is 0 Å². The van der Waals surface area contributed by atoms with E-state index >= 15 is 0 Å². The minimum absolute atomic E-state index is 0.127. The van der Waals surface area contributed by atoms with Crippen molar-refractivity contribution in [3.63, 3.8) is 0 Å². The van der Waals surface area contributed by atoms with E-state index in [4.69, 9.17) is 4.42 Å². The number of hydrogen-bond donors (Lipinski definition) is 1. The van der Waals surface area contributed by atoms with Crippen molar-refractivity contribution >= 4 is 23.7 Å². The molecule has 0 aliphatic carbocycles. The predicted molar refractivity (Wildman–Crippen MR) is 60.0 cm³/mol. The highest BCUT2D eigenvalue weighted by Gasteiger charge is 2.27. The van der Waals surface area contributed by atoms with Crippen molar-refractivity contribution in [1.82, 2.24) is 10.2 Å². The van der Waals surface area contributed by atoms with Crippen LogP contribution in [0.2, 0.25) is 0 Å². The van der Waals surface area contributed by atoms with Gasteiger partial charge >= 0.3 is 6.03 Å². The number of amides is 3. The summed E-state index contributed by atoms with van der Waals surface area (Å²) in [6.07, 6.45) is 1.63. The van der Waals surface area contributed by atoms with Crippen molar-refractivity contribution < 1.29 is 14.0 Å². The highest BCUT2D eigenvalue weighted by Crippen LogP contribution is 2.13. The summed E-state index contributed by atoms with van der Waals surface area (Å²) in [5.74, 6) is 2.24. The molecule has 1 aliphatic rings. The van der Waals surface area contributed by atoms with Crippen LogP contribution in [-0.4, -0.2) is 35.7 Å². The third-order valence-corrected chi connectivity index (χ3v) is 3.18. The highest BCUT2D eigenvalue weighted by atomic mass is 32.2. The van der Waals surface area contributed by atoms with Gasteiger partial charge in [0.2, 0.25) is 5.91 Å². The molecule has 2 rings (SSSR count). The fourth-order valence-corrected chi connectivity index (χ4v) is 2.23. The Morgan fingerprint density at radius 2 is 2.38 bits per heavy atom. The molecule has 0 bridgehead atoms. The minimum Gasteiger partial charge on any atom is -0.468 e. The number of urea groups is 1. The quantitative estimate of drug-likeness (QED) is 0.617. The molecule has 0 aromatic carbocycles. The largest absolute Gasteiger partial charge is 0.468 e. The summed E-state index contributed by atoms with van der Waals surface area (Å²) in [4.78, 5) is 23.6. The Balaban J connectivity index is 1.68. The maximum absolute atomic E-state index is 11.2. The Bertz CT molecular complexity index is 361. The van der Waals surface area contributed by atoms with E-state index in [2.05, 4.69) is 5.32 Å². The lowest BCUT2D eigenvalue weighted by atomic mass is 10.5. The van der Waals surface area contributed by atoms with Crippen molar-refractivity contribution in [1.29, 1.82) is 0 Å². The molecule has 3 amide bonds. The van der Waals surface area contributed by atoms with Crippen LogP contribution >= 0.6 is 11.8 Å². The van der Waals surface area contributed by atoms with Crippen LogP contribution in [0.15, 0.2) is 22.8 Å². The second kappa shape index (κ2) is 5.07. The first-order valence-electron chi connectivity index (χ1n) is 4.95. The molecule has 6 heteroatoms. The minimum atomic E-state index is -0.288. The van der Waals surface area contributed by atoms with Gasteiger partial charge in [0.1, 0.15) is 5.76 Å². The SMILES string of the molecule is O=C1CNC(=O)N1CCSCc1ccco1. The lowest BCUT2D eigenvalue weighted by Crippen LogP contribution is -2.32. The number of rotatable bonds is 5. The summed E-state index contributed by atoms with van der Waals surface area (Å²) in [6.45, 7) is 0.581. The molecule has 1 aromatic rings. The molecule has 1 saturated heterocycles. The van der Waals surface area contributed by atoms with Crippen molar-refractivity contribution in [3.8, 4) is 0 Å². The Morgan fingerprint density at radius 3 is 3.00 bits per heavy atom. The third-order valence-electron chi connectivity index (χ3n) is 2.22. The normalized spacial score (nSPS) is 15.6. The Kier molecular flexibility index (Phi) is 3.51. The molecule has 0 radical (unpaired) electrons. The molecule has 1 aliphatic heterocycles. The molecule has 1 N–H and O–H groups in total. The van der Waals surface area contributed by atoms with Gasteiger partial charge in [0, 0.05) is 12.3 Å². The summed E-state index contributed by atoms with van der Waals surface area (Å²) < 4.78 is 5.17. The Morgan fingerprint density at radius 1 is 1.50 bits per heavy atom. The highest BCUT2D eigenvalue weighted by molar-refractivity contribution is 7.98. The van der Waals surface area contributed by atoms with Gasteiger partial charge in [-0.05, 0) is 12.1 Å². The van der Waals surface area contributed by atoms with Crippen molar-refractivity contribution in [2.45, 2.75) is 5.75 Å². The number of carbonyl (C=O) groups is 2. The van der Waals surface area contributed by atoms with E-state index < -0.39 is 0 Å². The first-order chi connectivity index (χ1) is 7.77. The summed E-state index contributed by atoms with van der Waals surface area (Å²) >= 11 is 1.63. The average Bonchev–Trinajstić information content (AvgIpc) is 2.87. The number of nitrogens with one attached hydrogen (secondary N) is 1. The fourth-order valence-electron chi connectivity index (χ4n) is 1.40. The van der Waals surface area contributed by atoms with Gasteiger partial charge in [-0.2, -0.15) is 11.8 Å². The van der Waals surface area contributed by atoms with Gasteiger partial charge in [0.25, 0.3) is 0 Å². The average molecular weight is 240 g/mol. The van der Waals surface area contributed by atoms with Crippen LogP contribution < -0.4 is 5.32 Å². The summed E-state index contributed by atoms with van der Waals surface area (Å²) in [6, 6.07) is 3.46. The second-order valence-corrected chi connectivity index (χ2v) is 4.44. The lowest BCUT2D eigenvalue weighted by Gasteiger charge is -2.10. The number of carbonyl (C=O) groups excluding carboxylic acids is 2.